The minimum atomic E-state index is -0.650. The first-order valence-corrected chi connectivity index (χ1v) is 7.11. The summed E-state index contributed by atoms with van der Waals surface area (Å²) >= 11 is 0. The molecule has 1 aromatic rings. The van der Waals surface area contributed by atoms with E-state index in [4.69, 9.17) is 0 Å². The first kappa shape index (κ1) is 15.5. The second-order valence-corrected chi connectivity index (χ2v) is 5.49. The molecule has 2 rings (SSSR count). The van der Waals surface area contributed by atoms with Crippen molar-refractivity contribution < 1.29 is 14.7 Å². The van der Waals surface area contributed by atoms with Gasteiger partial charge in [-0.15, -0.1) is 0 Å². The third-order valence-corrected chi connectivity index (χ3v) is 3.47. The third-order valence-electron chi connectivity index (χ3n) is 3.47. The van der Waals surface area contributed by atoms with Crippen LogP contribution in [0.4, 0.5) is 0 Å². The summed E-state index contributed by atoms with van der Waals surface area (Å²) in [5.41, 5.74) is 4.58. The first-order chi connectivity index (χ1) is 10.0. The Morgan fingerprint density at radius 2 is 1.90 bits per heavy atom. The van der Waals surface area contributed by atoms with Crippen molar-refractivity contribution in [3.8, 4) is 0 Å². The molecule has 0 aliphatic carbocycles. The molecule has 0 bridgehead atoms. The lowest BCUT2D eigenvalue weighted by Gasteiger charge is -2.46. The molecular formula is C15H21N3O3. The highest BCUT2D eigenvalue weighted by Crippen LogP contribution is 2.24. The Hall–Kier alpha value is -1.92. The molecule has 1 aromatic carbocycles. The molecule has 0 atom stereocenters. The highest BCUT2D eigenvalue weighted by atomic mass is 16.3. The Bertz CT molecular complexity index is 498. The zero-order chi connectivity index (χ0) is 15.3. The van der Waals surface area contributed by atoms with Crippen LogP contribution in [0.2, 0.25) is 0 Å². The lowest BCUT2D eigenvalue weighted by Crippen LogP contribution is -2.63. The molecule has 1 aliphatic heterocycles. The van der Waals surface area contributed by atoms with E-state index in [0.717, 1.165) is 12.8 Å². The van der Waals surface area contributed by atoms with Crippen LogP contribution in [0.15, 0.2) is 30.3 Å². The topological polar surface area (TPSA) is 81.7 Å². The van der Waals surface area contributed by atoms with Gasteiger partial charge < -0.3 is 5.11 Å². The maximum Gasteiger partial charge on any atom is 0.269 e. The van der Waals surface area contributed by atoms with Gasteiger partial charge in [-0.1, -0.05) is 31.5 Å². The lowest BCUT2D eigenvalue weighted by atomic mass is 9.89. The van der Waals surface area contributed by atoms with Crippen LogP contribution in [0.1, 0.15) is 30.1 Å². The van der Waals surface area contributed by atoms with Gasteiger partial charge in [0.25, 0.3) is 11.8 Å². The number of amides is 2. The quantitative estimate of drug-likeness (QED) is 0.681. The molecule has 114 valence electrons. The SMILES string of the molecule is CCCC1(O)CN(CC(=O)NNC(=O)c2ccccc2)C1. The summed E-state index contributed by atoms with van der Waals surface area (Å²) in [6.07, 6.45) is 1.67. The van der Waals surface area contributed by atoms with Gasteiger partial charge in [-0.05, 0) is 18.6 Å². The van der Waals surface area contributed by atoms with Gasteiger partial charge in [0.1, 0.15) is 0 Å². The molecule has 21 heavy (non-hydrogen) atoms. The summed E-state index contributed by atoms with van der Waals surface area (Å²) in [4.78, 5) is 25.3. The van der Waals surface area contributed by atoms with E-state index in [1.54, 1.807) is 24.3 Å². The van der Waals surface area contributed by atoms with Crippen LogP contribution in [-0.2, 0) is 4.79 Å². The summed E-state index contributed by atoms with van der Waals surface area (Å²) in [7, 11) is 0. The van der Waals surface area contributed by atoms with Crippen molar-refractivity contribution in [3.63, 3.8) is 0 Å². The molecule has 2 amide bonds. The number of likely N-dealkylation sites (tertiary alicyclic amines) is 1. The Kier molecular flexibility index (Phi) is 4.93. The van der Waals surface area contributed by atoms with Crippen molar-refractivity contribution >= 4 is 11.8 Å². The van der Waals surface area contributed by atoms with Crippen molar-refractivity contribution in [1.82, 2.24) is 15.8 Å². The number of carbonyl (C=O) groups excluding carboxylic acids is 2. The zero-order valence-electron chi connectivity index (χ0n) is 12.1. The molecule has 0 saturated carbocycles. The number of benzene rings is 1. The van der Waals surface area contributed by atoms with E-state index < -0.39 is 5.60 Å². The van der Waals surface area contributed by atoms with Crippen molar-refractivity contribution in [1.29, 1.82) is 0 Å². The number of β-amino-alcohol motifs (C(OH)–C–C–N with tert-alkyl or cyclic N) is 1. The minimum absolute atomic E-state index is 0.168. The van der Waals surface area contributed by atoms with Gasteiger partial charge in [0.05, 0.1) is 12.1 Å². The smallest absolute Gasteiger partial charge is 0.269 e. The van der Waals surface area contributed by atoms with E-state index >= 15 is 0 Å². The average molecular weight is 291 g/mol. The van der Waals surface area contributed by atoms with Crippen LogP contribution < -0.4 is 10.9 Å². The van der Waals surface area contributed by atoms with Crippen LogP contribution in [0.5, 0.6) is 0 Å². The van der Waals surface area contributed by atoms with Gasteiger partial charge in [0.15, 0.2) is 0 Å². The lowest BCUT2D eigenvalue weighted by molar-refractivity contribution is -0.134. The highest BCUT2D eigenvalue weighted by molar-refractivity contribution is 5.95. The highest BCUT2D eigenvalue weighted by Gasteiger charge is 2.40. The number of hydrogen-bond acceptors (Lipinski definition) is 4. The number of rotatable bonds is 5. The molecule has 1 aliphatic rings. The Labute approximate surface area is 124 Å². The van der Waals surface area contributed by atoms with Crippen molar-refractivity contribution in [2.45, 2.75) is 25.4 Å². The second kappa shape index (κ2) is 6.69. The average Bonchev–Trinajstić information content (AvgIpc) is 2.44. The number of nitrogens with zero attached hydrogens (tertiary/aromatic N) is 1. The summed E-state index contributed by atoms with van der Waals surface area (Å²) < 4.78 is 0. The van der Waals surface area contributed by atoms with E-state index in [2.05, 4.69) is 10.9 Å². The molecule has 0 radical (unpaired) electrons. The van der Waals surface area contributed by atoms with Crippen molar-refractivity contribution in [2.24, 2.45) is 0 Å². The van der Waals surface area contributed by atoms with Gasteiger partial charge in [0, 0.05) is 18.7 Å². The molecule has 1 saturated heterocycles. The molecule has 1 heterocycles. The molecule has 0 unspecified atom stereocenters. The molecule has 1 fully saturated rings. The Morgan fingerprint density at radius 3 is 2.52 bits per heavy atom. The number of hydrazine groups is 1. The first-order valence-electron chi connectivity index (χ1n) is 7.11. The third kappa shape index (κ3) is 4.27. The Balaban J connectivity index is 1.68. The molecule has 6 nitrogen and oxygen atoms in total. The molecule has 3 N–H and O–H groups in total. The fourth-order valence-corrected chi connectivity index (χ4v) is 2.55. The predicted octanol–water partition coefficient (Wildman–Crippen LogP) is 0.294. The maximum atomic E-state index is 11.7. The molecule has 0 spiro atoms. The summed E-state index contributed by atoms with van der Waals surface area (Å²) in [6.45, 7) is 3.19. The van der Waals surface area contributed by atoms with Crippen LogP contribution in [0, 0.1) is 0 Å². The fourth-order valence-electron chi connectivity index (χ4n) is 2.55. The normalized spacial score (nSPS) is 16.9. The Morgan fingerprint density at radius 1 is 1.24 bits per heavy atom. The van der Waals surface area contributed by atoms with Gasteiger partial charge in [-0.2, -0.15) is 0 Å². The van der Waals surface area contributed by atoms with Gasteiger partial charge in [0.2, 0.25) is 0 Å². The van der Waals surface area contributed by atoms with Crippen LogP contribution in [0.3, 0.4) is 0 Å². The summed E-state index contributed by atoms with van der Waals surface area (Å²) in [5.74, 6) is -0.645. The number of nitrogens with one attached hydrogen (secondary N) is 2. The standard InChI is InChI=1S/C15H21N3O3/c1-2-8-15(21)10-18(11-15)9-13(19)16-17-14(20)12-6-4-3-5-7-12/h3-7,21H,2,8-11H2,1H3,(H,16,19)(H,17,20). The second-order valence-electron chi connectivity index (χ2n) is 5.49. The zero-order valence-corrected chi connectivity index (χ0v) is 12.1. The van der Waals surface area contributed by atoms with Crippen LogP contribution >= 0.6 is 0 Å². The summed E-state index contributed by atoms with van der Waals surface area (Å²) in [5, 5.41) is 10.0. The van der Waals surface area contributed by atoms with E-state index in [1.165, 1.54) is 0 Å². The van der Waals surface area contributed by atoms with E-state index in [1.807, 2.05) is 17.9 Å². The fraction of sp³-hybridized carbons (Fsp3) is 0.467. The van der Waals surface area contributed by atoms with E-state index in [9.17, 15) is 14.7 Å². The van der Waals surface area contributed by atoms with E-state index in [-0.39, 0.29) is 18.4 Å². The molecular weight excluding hydrogens is 270 g/mol. The predicted molar refractivity (Wildman–Crippen MR) is 78.3 cm³/mol. The van der Waals surface area contributed by atoms with Crippen LogP contribution in [-0.4, -0.2) is 47.1 Å². The van der Waals surface area contributed by atoms with Crippen LogP contribution in [0.25, 0.3) is 0 Å². The number of hydrogen-bond donors (Lipinski definition) is 3. The monoisotopic (exact) mass is 291 g/mol. The van der Waals surface area contributed by atoms with Gasteiger partial charge in [-0.25, -0.2) is 0 Å². The van der Waals surface area contributed by atoms with Gasteiger partial charge in [-0.3, -0.25) is 25.3 Å². The largest absolute Gasteiger partial charge is 0.387 e. The number of carbonyl (C=O) groups is 2. The molecule has 0 aromatic heterocycles. The minimum Gasteiger partial charge on any atom is -0.387 e. The van der Waals surface area contributed by atoms with Crippen molar-refractivity contribution in [3.05, 3.63) is 35.9 Å². The van der Waals surface area contributed by atoms with Crippen molar-refractivity contribution in [2.75, 3.05) is 19.6 Å². The molecule has 6 heteroatoms. The maximum absolute atomic E-state index is 11.7. The number of aliphatic hydroxyl groups is 1. The van der Waals surface area contributed by atoms with E-state index in [0.29, 0.717) is 18.7 Å². The van der Waals surface area contributed by atoms with Gasteiger partial charge >= 0.3 is 0 Å². The summed E-state index contributed by atoms with van der Waals surface area (Å²) in [6, 6.07) is 8.66.